The number of carboxylic acids is 1. The number of rotatable bonds is 6. The third-order valence-corrected chi connectivity index (χ3v) is 2.25. The van der Waals surface area contributed by atoms with Crippen molar-refractivity contribution in [3.8, 4) is 5.75 Å². The van der Waals surface area contributed by atoms with Crippen LogP contribution in [0.4, 0.5) is 0 Å². The molecule has 0 saturated carbocycles. The lowest BCUT2D eigenvalue weighted by atomic mass is 10.1. The molecule has 1 atom stereocenters. The lowest BCUT2D eigenvalue weighted by Crippen LogP contribution is -2.20. The Morgan fingerprint density at radius 2 is 2.31 bits per heavy atom. The van der Waals surface area contributed by atoms with Crippen molar-refractivity contribution in [3.05, 3.63) is 29.8 Å². The van der Waals surface area contributed by atoms with Crippen molar-refractivity contribution >= 4 is 5.97 Å². The Bertz CT molecular complexity index is 352. The van der Waals surface area contributed by atoms with Gasteiger partial charge in [0.15, 0.2) is 0 Å². The van der Waals surface area contributed by atoms with E-state index in [1.54, 1.807) is 24.3 Å². The Morgan fingerprint density at radius 3 is 2.94 bits per heavy atom. The Morgan fingerprint density at radius 1 is 1.56 bits per heavy atom. The molecule has 0 spiro atoms. The predicted octanol–water partition coefficient (Wildman–Crippen LogP) is 1.95. The summed E-state index contributed by atoms with van der Waals surface area (Å²) in [6.45, 7) is 2.72. The van der Waals surface area contributed by atoms with Gasteiger partial charge in [0.05, 0.1) is 6.61 Å². The van der Waals surface area contributed by atoms with E-state index in [0.717, 1.165) is 12.8 Å². The molecular formula is C12H17NO3. The van der Waals surface area contributed by atoms with E-state index < -0.39 is 12.0 Å². The van der Waals surface area contributed by atoms with Gasteiger partial charge in [-0.15, -0.1) is 0 Å². The molecule has 4 nitrogen and oxygen atoms in total. The van der Waals surface area contributed by atoms with Gasteiger partial charge in [0.1, 0.15) is 11.8 Å². The first-order valence-electron chi connectivity index (χ1n) is 5.36. The number of benzene rings is 1. The molecule has 1 rings (SSSR count). The normalized spacial score (nSPS) is 12.1. The maximum atomic E-state index is 10.7. The van der Waals surface area contributed by atoms with Gasteiger partial charge in [-0.25, -0.2) is 0 Å². The SMILES string of the molecule is CCCCOc1cccc(C(N)C(=O)O)c1. The van der Waals surface area contributed by atoms with Gasteiger partial charge >= 0.3 is 5.97 Å². The molecular weight excluding hydrogens is 206 g/mol. The minimum atomic E-state index is -1.04. The van der Waals surface area contributed by atoms with Crippen LogP contribution in [0.5, 0.6) is 5.75 Å². The number of hydrogen-bond acceptors (Lipinski definition) is 3. The van der Waals surface area contributed by atoms with Crippen LogP contribution < -0.4 is 10.5 Å². The molecule has 3 N–H and O–H groups in total. The van der Waals surface area contributed by atoms with Gasteiger partial charge in [-0.1, -0.05) is 25.5 Å². The molecule has 0 amide bonds. The fraction of sp³-hybridized carbons (Fsp3) is 0.417. The monoisotopic (exact) mass is 223 g/mol. The molecule has 0 aromatic heterocycles. The zero-order valence-electron chi connectivity index (χ0n) is 9.35. The van der Waals surface area contributed by atoms with E-state index in [1.807, 2.05) is 0 Å². The zero-order valence-corrected chi connectivity index (χ0v) is 9.35. The summed E-state index contributed by atoms with van der Waals surface area (Å²) in [6.07, 6.45) is 2.05. The molecule has 0 radical (unpaired) electrons. The molecule has 0 aliphatic carbocycles. The molecule has 1 aromatic carbocycles. The highest BCUT2D eigenvalue weighted by atomic mass is 16.5. The Kier molecular flexibility index (Phi) is 4.79. The fourth-order valence-electron chi connectivity index (χ4n) is 1.27. The maximum Gasteiger partial charge on any atom is 0.325 e. The second-order valence-corrected chi connectivity index (χ2v) is 3.59. The third-order valence-electron chi connectivity index (χ3n) is 2.25. The van der Waals surface area contributed by atoms with Crippen molar-refractivity contribution in [3.63, 3.8) is 0 Å². The largest absolute Gasteiger partial charge is 0.494 e. The molecule has 0 saturated heterocycles. The Labute approximate surface area is 95.0 Å². The summed E-state index contributed by atoms with van der Waals surface area (Å²) in [6, 6.07) is 5.92. The summed E-state index contributed by atoms with van der Waals surface area (Å²) >= 11 is 0. The van der Waals surface area contributed by atoms with E-state index in [-0.39, 0.29) is 0 Å². The highest BCUT2D eigenvalue weighted by molar-refractivity contribution is 5.75. The third kappa shape index (κ3) is 3.55. The van der Waals surface area contributed by atoms with Crippen LogP contribution in [-0.2, 0) is 4.79 Å². The Hall–Kier alpha value is -1.55. The van der Waals surface area contributed by atoms with Crippen molar-refractivity contribution in [1.82, 2.24) is 0 Å². The van der Waals surface area contributed by atoms with Crippen LogP contribution in [0.25, 0.3) is 0 Å². The van der Waals surface area contributed by atoms with Crippen molar-refractivity contribution < 1.29 is 14.6 Å². The van der Waals surface area contributed by atoms with Crippen molar-refractivity contribution in [2.24, 2.45) is 5.73 Å². The second-order valence-electron chi connectivity index (χ2n) is 3.59. The first-order chi connectivity index (χ1) is 7.65. The minimum absolute atomic E-state index is 0.557. The van der Waals surface area contributed by atoms with Crippen molar-refractivity contribution in [1.29, 1.82) is 0 Å². The molecule has 4 heteroatoms. The lowest BCUT2D eigenvalue weighted by molar-refractivity contribution is -0.138. The molecule has 0 bridgehead atoms. The smallest absolute Gasteiger partial charge is 0.325 e. The fourth-order valence-corrected chi connectivity index (χ4v) is 1.27. The first-order valence-corrected chi connectivity index (χ1v) is 5.36. The summed E-state index contributed by atoms with van der Waals surface area (Å²) in [5.74, 6) is -0.367. The van der Waals surface area contributed by atoms with Crippen LogP contribution in [0, 0.1) is 0 Å². The molecule has 0 aliphatic rings. The first kappa shape index (κ1) is 12.5. The average Bonchev–Trinajstić information content (AvgIpc) is 2.29. The average molecular weight is 223 g/mol. The van der Waals surface area contributed by atoms with E-state index in [4.69, 9.17) is 15.6 Å². The van der Waals surface area contributed by atoms with Gasteiger partial charge in [-0.3, -0.25) is 4.79 Å². The summed E-state index contributed by atoms with van der Waals surface area (Å²) in [7, 11) is 0. The molecule has 1 unspecified atom stereocenters. The quantitative estimate of drug-likeness (QED) is 0.723. The van der Waals surface area contributed by atoms with E-state index >= 15 is 0 Å². The van der Waals surface area contributed by atoms with Crippen LogP contribution >= 0.6 is 0 Å². The number of aliphatic carboxylic acids is 1. The summed E-state index contributed by atoms with van der Waals surface area (Å²) in [4.78, 5) is 10.7. The van der Waals surface area contributed by atoms with Crippen LogP contribution in [0.2, 0.25) is 0 Å². The topological polar surface area (TPSA) is 72.5 Å². The molecule has 1 aromatic rings. The van der Waals surface area contributed by atoms with Crippen molar-refractivity contribution in [2.75, 3.05) is 6.61 Å². The number of hydrogen-bond donors (Lipinski definition) is 2. The second kappa shape index (κ2) is 6.12. The van der Waals surface area contributed by atoms with Crippen LogP contribution in [-0.4, -0.2) is 17.7 Å². The van der Waals surface area contributed by atoms with E-state index in [1.165, 1.54) is 0 Å². The molecule has 0 aliphatic heterocycles. The van der Waals surface area contributed by atoms with Crippen LogP contribution in [0.1, 0.15) is 31.4 Å². The number of ether oxygens (including phenoxy) is 1. The summed E-state index contributed by atoms with van der Waals surface area (Å²) in [5, 5.41) is 8.77. The van der Waals surface area contributed by atoms with Gasteiger partial charge in [0, 0.05) is 0 Å². The van der Waals surface area contributed by atoms with Gasteiger partial charge in [0.25, 0.3) is 0 Å². The number of nitrogens with two attached hydrogens (primary N) is 1. The zero-order chi connectivity index (χ0) is 12.0. The predicted molar refractivity (Wildman–Crippen MR) is 61.4 cm³/mol. The number of unbranched alkanes of at least 4 members (excludes halogenated alkanes) is 1. The van der Waals surface area contributed by atoms with E-state index in [0.29, 0.717) is 17.9 Å². The molecule has 88 valence electrons. The van der Waals surface area contributed by atoms with Crippen LogP contribution in [0.15, 0.2) is 24.3 Å². The minimum Gasteiger partial charge on any atom is -0.494 e. The highest BCUT2D eigenvalue weighted by Gasteiger charge is 2.14. The summed E-state index contributed by atoms with van der Waals surface area (Å²) < 4.78 is 5.47. The summed E-state index contributed by atoms with van der Waals surface area (Å²) in [5.41, 5.74) is 6.06. The number of carboxylic acid groups (broad SMARTS) is 1. The van der Waals surface area contributed by atoms with Crippen LogP contribution in [0.3, 0.4) is 0 Å². The van der Waals surface area contributed by atoms with Gasteiger partial charge in [-0.05, 0) is 24.1 Å². The molecule has 16 heavy (non-hydrogen) atoms. The van der Waals surface area contributed by atoms with Gasteiger partial charge < -0.3 is 15.6 Å². The van der Waals surface area contributed by atoms with E-state index in [2.05, 4.69) is 6.92 Å². The number of carbonyl (C=O) groups is 1. The van der Waals surface area contributed by atoms with Crippen molar-refractivity contribution in [2.45, 2.75) is 25.8 Å². The van der Waals surface area contributed by atoms with E-state index in [9.17, 15) is 4.79 Å². The lowest BCUT2D eigenvalue weighted by Gasteiger charge is -2.10. The van der Waals surface area contributed by atoms with Gasteiger partial charge in [0.2, 0.25) is 0 Å². The highest BCUT2D eigenvalue weighted by Crippen LogP contribution is 2.18. The maximum absolute atomic E-state index is 10.7. The molecule has 0 heterocycles. The Balaban J connectivity index is 2.67. The molecule has 0 fully saturated rings. The van der Waals surface area contributed by atoms with Gasteiger partial charge in [-0.2, -0.15) is 0 Å². The standard InChI is InChI=1S/C12H17NO3/c1-2-3-7-16-10-6-4-5-9(8-10)11(13)12(14)15/h4-6,8,11H,2-3,7,13H2,1H3,(H,14,15).